The Balaban J connectivity index is 1.83. The maximum absolute atomic E-state index is 12.7. The van der Waals surface area contributed by atoms with Gasteiger partial charge in [0, 0.05) is 14.3 Å². The second-order valence-corrected chi connectivity index (χ2v) is 9.57. The van der Waals surface area contributed by atoms with Crippen LogP contribution in [0.15, 0.2) is 64.6 Å². The molecule has 0 unspecified atom stereocenters. The monoisotopic (exact) mass is 636 g/mol. The largest absolute Gasteiger partial charge is 0.493 e. The number of hydrogen-bond donors (Lipinski definition) is 1. The maximum atomic E-state index is 12.7. The maximum Gasteiger partial charge on any atom is 0.266 e. The Morgan fingerprint density at radius 2 is 1.94 bits per heavy atom. The Kier molecular flexibility index (Phi) is 8.78. The van der Waals surface area contributed by atoms with Gasteiger partial charge in [-0.05, 0) is 105 Å². The average Bonchev–Trinajstić information content (AvgIpc) is 2.79. The number of nitrogens with one attached hydrogen (secondary N) is 1. The lowest BCUT2D eigenvalue weighted by molar-refractivity contribution is -0.112. The molecule has 3 rings (SSSR count). The third kappa shape index (κ3) is 6.73. The second kappa shape index (κ2) is 11.5. The van der Waals surface area contributed by atoms with Gasteiger partial charge in [0.2, 0.25) is 0 Å². The molecule has 168 valence electrons. The fourth-order valence-corrected chi connectivity index (χ4v) is 4.04. The molecule has 0 fully saturated rings. The lowest BCUT2D eigenvalue weighted by Gasteiger charge is -2.14. The zero-order valence-corrected chi connectivity index (χ0v) is 22.3. The van der Waals surface area contributed by atoms with Gasteiger partial charge in [-0.1, -0.05) is 29.8 Å². The van der Waals surface area contributed by atoms with Gasteiger partial charge in [0.05, 0.1) is 11.6 Å². The van der Waals surface area contributed by atoms with Crippen LogP contribution in [0.25, 0.3) is 6.08 Å². The third-order valence-corrected chi connectivity index (χ3v) is 6.22. The summed E-state index contributed by atoms with van der Waals surface area (Å²) in [6.45, 7) is 2.21. The van der Waals surface area contributed by atoms with Crippen molar-refractivity contribution in [2.24, 2.45) is 0 Å². The number of rotatable bonds is 7. The van der Waals surface area contributed by atoms with Crippen LogP contribution in [0.3, 0.4) is 0 Å². The summed E-state index contributed by atoms with van der Waals surface area (Å²) in [6, 6.07) is 18.6. The van der Waals surface area contributed by atoms with Crippen LogP contribution in [-0.4, -0.2) is 13.0 Å². The number of nitriles is 1. The smallest absolute Gasteiger partial charge is 0.266 e. The summed E-state index contributed by atoms with van der Waals surface area (Å²) in [5, 5.41) is 12.8. The van der Waals surface area contributed by atoms with Crippen molar-refractivity contribution in [2.75, 3.05) is 12.4 Å². The van der Waals surface area contributed by atoms with Crippen LogP contribution in [0.1, 0.15) is 16.7 Å². The number of anilines is 1. The number of ether oxygens (including phenoxy) is 2. The predicted octanol–water partition coefficient (Wildman–Crippen LogP) is 7.15. The Labute approximate surface area is 219 Å². The molecule has 0 radical (unpaired) electrons. The number of halogens is 3. The molecule has 0 aliphatic heterocycles. The van der Waals surface area contributed by atoms with E-state index in [0.29, 0.717) is 38.9 Å². The van der Waals surface area contributed by atoms with Crippen molar-refractivity contribution in [1.82, 2.24) is 0 Å². The van der Waals surface area contributed by atoms with Gasteiger partial charge < -0.3 is 14.8 Å². The lowest BCUT2D eigenvalue weighted by Crippen LogP contribution is -2.14. The Morgan fingerprint density at radius 3 is 2.61 bits per heavy atom. The van der Waals surface area contributed by atoms with Crippen molar-refractivity contribution in [3.05, 3.63) is 89.9 Å². The molecule has 0 spiro atoms. The van der Waals surface area contributed by atoms with Gasteiger partial charge >= 0.3 is 0 Å². The molecule has 0 saturated carbocycles. The first-order valence-corrected chi connectivity index (χ1v) is 12.0. The van der Waals surface area contributed by atoms with E-state index in [1.54, 1.807) is 30.3 Å². The highest BCUT2D eigenvalue weighted by Gasteiger charge is 2.15. The van der Waals surface area contributed by atoms with Gasteiger partial charge in [0.25, 0.3) is 5.91 Å². The average molecular weight is 638 g/mol. The molecule has 3 aromatic carbocycles. The van der Waals surface area contributed by atoms with Gasteiger partial charge in [0.15, 0.2) is 11.5 Å². The fourth-order valence-electron chi connectivity index (χ4n) is 2.93. The van der Waals surface area contributed by atoms with Crippen LogP contribution in [-0.2, 0) is 11.4 Å². The van der Waals surface area contributed by atoms with E-state index in [1.807, 2.05) is 37.3 Å². The summed E-state index contributed by atoms with van der Waals surface area (Å²) in [5.74, 6) is 0.479. The number of nitrogens with zero attached hydrogens (tertiary/aromatic N) is 1. The highest BCUT2D eigenvalue weighted by atomic mass is 127. The minimum absolute atomic E-state index is 0.0594. The highest BCUT2D eigenvalue weighted by molar-refractivity contribution is 14.1. The van der Waals surface area contributed by atoms with Crippen LogP contribution in [0.5, 0.6) is 11.5 Å². The molecule has 1 amide bonds. The first-order chi connectivity index (χ1) is 15.8. The van der Waals surface area contributed by atoms with Crippen LogP contribution in [0.2, 0.25) is 5.02 Å². The molecule has 0 atom stereocenters. The number of methoxy groups -OCH3 is 1. The number of benzene rings is 3. The molecule has 0 aliphatic rings. The van der Waals surface area contributed by atoms with Gasteiger partial charge in [-0.15, -0.1) is 0 Å². The van der Waals surface area contributed by atoms with E-state index in [2.05, 4.69) is 43.8 Å². The molecule has 1 N–H and O–H groups in total. The molecule has 0 bridgehead atoms. The number of aryl methyl sites for hydroxylation is 1. The van der Waals surface area contributed by atoms with E-state index in [9.17, 15) is 10.1 Å². The summed E-state index contributed by atoms with van der Waals surface area (Å²) < 4.78 is 13.2. The number of amides is 1. The van der Waals surface area contributed by atoms with Gasteiger partial charge in [-0.25, -0.2) is 0 Å². The minimum Gasteiger partial charge on any atom is -0.493 e. The summed E-state index contributed by atoms with van der Waals surface area (Å²) >= 11 is 11.8. The topological polar surface area (TPSA) is 71.3 Å². The quantitative estimate of drug-likeness (QED) is 0.170. The van der Waals surface area contributed by atoms with E-state index in [1.165, 1.54) is 13.2 Å². The van der Waals surface area contributed by atoms with Gasteiger partial charge in [-0.2, -0.15) is 5.26 Å². The minimum atomic E-state index is -0.531. The molecule has 0 aromatic heterocycles. The zero-order chi connectivity index (χ0) is 24.0. The Morgan fingerprint density at radius 1 is 1.21 bits per heavy atom. The SMILES string of the molecule is COc1cc(/C=C(\C#N)C(=O)Nc2cc(Cl)ccc2C)cc(Br)c1OCc1ccc(I)cc1. The van der Waals surface area contributed by atoms with Crippen LogP contribution in [0, 0.1) is 21.8 Å². The molecular formula is C25H19BrClIN2O3. The van der Waals surface area contributed by atoms with E-state index >= 15 is 0 Å². The van der Waals surface area contributed by atoms with Crippen LogP contribution >= 0.6 is 50.1 Å². The van der Waals surface area contributed by atoms with Crippen molar-refractivity contribution in [2.45, 2.75) is 13.5 Å². The Bertz CT molecular complexity index is 1250. The van der Waals surface area contributed by atoms with E-state index in [0.717, 1.165) is 14.7 Å². The first-order valence-electron chi connectivity index (χ1n) is 9.74. The predicted molar refractivity (Wildman–Crippen MR) is 143 cm³/mol. The summed E-state index contributed by atoms with van der Waals surface area (Å²) in [4.78, 5) is 12.7. The van der Waals surface area contributed by atoms with Crippen molar-refractivity contribution in [1.29, 1.82) is 5.26 Å². The van der Waals surface area contributed by atoms with Crippen LogP contribution in [0.4, 0.5) is 5.69 Å². The molecule has 8 heteroatoms. The van der Waals surface area contributed by atoms with E-state index < -0.39 is 5.91 Å². The Hall–Kier alpha value is -2.54. The summed E-state index contributed by atoms with van der Waals surface area (Å²) in [5.41, 5.74) is 2.95. The van der Waals surface area contributed by atoms with Crippen molar-refractivity contribution >= 4 is 67.8 Å². The van der Waals surface area contributed by atoms with Crippen LogP contribution < -0.4 is 14.8 Å². The second-order valence-electron chi connectivity index (χ2n) is 7.03. The highest BCUT2D eigenvalue weighted by Crippen LogP contribution is 2.38. The number of carbonyl (C=O) groups excluding carboxylic acids is 1. The van der Waals surface area contributed by atoms with Crippen molar-refractivity contribution in [3.8, 4) is 17.6 Å². The first kappa shape index (κ1) is 25.1. The number of hydrogen-bond acceptors (Lipinski definition) is 4. The summed E-state index contributed by atoms with van der Waals surface area (Å²) in [6.07, 6.45) is 1.49. The van der Waals surface area contributed by atoms with E-state index in [4.69, 9.17) is 21.1 Å². The standard InChI is InChI=1S/C25H19BrClIN2O3/c1-15-3-6-19(27)12-22(15)30-25(31)18(13-29)9-17-10-21(26)24(23(11-17)32-2)33-14-16-4-7-20(28)8-5-16/h3-12H,14H2,1-2H3,(H,30,31)/b18-9+. The molecule has 33 heavy (non-hydrogen) atoms. The number of carbonyl (C=O) groups is 1. The molecular weight excluding hydrogens is 619 g/mol. The molecule has 5 nitrogen and oxygen atoms in total. The molecule has 3 aromatic rings. The third-order valence-electron chi connectivity index (χ3n) is 4.67. The van der Waals surface area contributed by atoms with Gasteiger partial charge in [0.1, 0.15) is 18.2 Å². The molecule has 0 saturated heterocycles. The lowest BCUT2D eigenvalue weighted by atomic mass is 10.1. The fraction of sp³-hybridized carbons (Fsp3) is 0.120. The summed E-state index contributed by atoms with van der Waals surface area (Å²) in [7, 11) is 1.53. The van der Waals surface area contributed by atoms with E-state index in [-0.39, 0.29) is 5.57 Å². The molecule has 0 heterocycles. The van der Waals surface area contributed by atoms with Crippen molar-refractivity contribution in [3.63, 3.8) is 0 Å². The normalized spacial score (nSPS) is 11.0. The molecule has 0 aliphatic carbocycles. The zero-order valence-electron chi connectivity index (χ0n) is 17.8. The van der Waals surface area contributed by atoms with Gasteiger partial charge in [-0.3, -0.25) is 4.79 Å². The van der Waals surface area contributed by atoms with Crippen molar-refractivity contribution < 1.29 is 14.3 Å².